The molecular formula is C26H25ClN2O2. The normalized spacial score (nSPS) is 11.3. The van der Waals surface area contributed by atoms with Crippen LogP contribution in [0.5, 0.6) is 5.75 Å². The number of rotatable bonds is 6. The third-order valence-corrected chi connectivity index (χ3v) is 5.66. The van der Waals surface area contributed by atoms with Gasteiger partial charge in [-0.05, 0) is 59.4 Å². The number of halogens is 1. The van der Waals surface area contributed by atoms with Crippen molar-refractivity contribution in [1.82, 2.24) is 9.97 Å². The second-order valence-electron chi connectivity index (χ2n) is 7.99. The lowest BCUT2D eigenvalue weighted by molar-refractivity contribution is 0.322. The summed E-state index contributed by atoms with van der Waals surface area (Å²) in [4.78, 5) is 19.8. The van der Waals surface area contributed by atoms with E-state index in [1.54, 1.807) is 6.92 Å². The lowest BCUT2D eigenvalue weighted by atomic mass is 9.91. The Morgan fingerprint density at radius 2 is 1.84 bits per heavy atom. The van der Waals surface area contributed by atoms with E-state index < -0.39 is 0 Å². The molecule has 0 saturated heterocycles. The molecule has 0 saturated carbocycles. The van der Waals surface area contributed by atoms with Crippen LogP contribution in [-0.2, 0) is 6.42 Å². The molecule has 0 bridgehead atoms. The van der Waals surface area contributed by atoms with Gasteiger partial charge in [-0.3, -0.25) is 4.79 Å². The monoisotopic (exact) mass is 432 g/mol. The molecule has 4 nitrogen and oxygen atoms in total. The minimum atomic E-state index is -0.132. The lowest BCUT2D eigenvalue weighted by Crippen LogP contribution is -2.10. The fourth-order valence-corrected chi connectivity index (χ4v) is 3.92. The van der Waals surface area contributed by atoms with Crippen molar-refractivity contribution in [2.24, 2.45) is 0 Å². The molecule has 158 valence electrons. The average Bonchev–Trinajstić information content (AvgIpc) is 2.75. The van der Waals surface area contributed by atoms with Gasteiger partial charge in [-0.1, -0.05) is 61.8 Å². The van der Waals surface area contributed by atoms with Crippen molar-refractivity contribution >= 4 is 22.5 Å². The van der Waals surface area contributed by atoms with Crippen molar-refractivity contribution in [3.05, 3.63) is 93.0 Å². The van der Waals surface area contributed by atoms with E-state index in [1.807, 2.05) is 48.5 Å². The van der Waals surface area contributed by atoms with Gasteiger partial charge in [-0.2, -0.15) is 0 Å². The molecule has 5 heteroatoms. The van der Waals surface area contributed by atoms with E-state index in [0.29, 0.717) is 34.1 Å². The van der Waals surface area contributed by atoms with E-state index >= 15 is 0 Å². The van der Waals surface area contributed by atoms with Crippen LogP contribution in [-0.4, -0.2) is 16.6 Å². The van der Waals surface area contributed by atoms with Crippen LogP contribution in [0.25, 0.3) is 22.0 Å². The number of fused-ring (bicyclic) bond motifs is 1. The number of nitrogens with zero attached hydrogens (tertiary/aromatic N) is 1. The summed E-state index contributed by atoms with van der Waals surface area (Å²) in [6.45, 7) is 6.60. The zero-order chi connectivity index (χ0) is 22.0. The van der Waals surface area contributed by atoms with Crippen LogP contribution in [0.4, 0.5) is 0 Å². The minimum absolute atomic E-state index is 0.132. The molecule has 0 atom stereocenters. The largest absolute Gasteiger partial charge is 0.492 e. The zero-order valence-corrected chi connectivity index (χ0v) is 18.7. The molecule has 31 heavy (non-hydrogen) atoms. The van der Waals surface area contributed by atoms with Gasteiger partial charge >= 0.3 is 0 Å². The molecule has 0 aliphatic rings. The van der Waals surface area contributed by atoms with Gasteiger partial charge in [-0.15, -0.1) is 0 Å². The van der Waals surface area contributed by atoms with Gasteiger partial charge < -0.3 is 9.72 Å². The standard InChI is InChI=1S/C26H25ClN2O2/c1-16(2)20-15-24-22(26(30)29-17(3)28-24)14-21(20)19-9-10-23(27)25(13-19)31-12-11-18-7-5-4-6-8-18/h4-10,13-16H,11-12H2,1-3H3,(H,28,29,30). The first-order chi connectivity index (χ1) is 14.9. The summed E-state index contributed by atoms with van der Waals surface area (Å²) < 4.78 is 6.02. The highest BCUT2D eigenvalue weighted by Crippen LogP contribution is 2.36. The van der Waals surface area contributed by atoms with E-state index in [9.17, 15) is 4.79 Å². The molecule has 0 radical (unpaired) electrons. The van der Waals surface area contributed by atoms with Crippen LogP contribution in [0, 0.1) is 6.92 Å². The third-order valence-electron chi connectivity index (χ3n) is 5.35. The quantitative estimate of drug-likeness (QED) is 0.389. The maximum Gasteiger partial charge on any atom is 0.258 e. The first-order valence-corrected chi connectivity index (χ1v) is 10.8. The number of aromatic nitrogens is 2. The summed E-state index contributed by atoms with van der Waals surface area (Å²) in [5.41, 5.74) is 4.87. The van der Waals surface area contributed by atoms with Gasteiger partial charge in [0.05, 0.1) is 22.5 Å². The average molecular weight is 433 g/mol. The van der Waals surface area contributed by atoms with Crippen LogP contribution in [0.1, 0.15) is 36.7 Å². The Morgan fingerprint density at radius 3 is 2.58 bits per heavy atom. The number of nitrogens with one attached hydrogen (secondary N) is 1. The first kappa shape index (κ1) is 21.1. The van der Waals surface area contributed by atoms with Crippen LogP contribution in [0.15, 0.2) is 65.5 Å². The fourth-order valence-electron chi connectivity index (χ4n) is 3.75. The van der Waals surface area contributed by atoms with E-state index in [-0.39, 0.29) is 11.5 Å². The summed E-state index contributed by atoms with van der Waals surface area (Å²) in [6.07, 6.45) is 0.801. The molecule has 4 rings (SSSR count). The Hall–Kier alpha value is -3.11. The number of hydrogen-bond acceptors (Lipinski definition) is 3. The number of hydrogen-bond donors (Lipinski definition) is 1. The molecule has 1 N–H and O–H groups in total. The Labute approximate surface area is 186 Å². The predicted octanol–water partition coefficient (Wildman–Crippen LogP) is 6.30. The number of ether oxygens (including phenoxy) is 1. The maximum atomic E-state index is 12.5. The Morgan fingerprint density at radius 1 is 1.06 bits per heavy atom. The van der Waals surface area contributed by atoms with Gasteiger partial charge in [0.15, 0.2) is 0 Å². The molecule has 0 fully saturated rings. The third kappa shape index (κ3) is 4.64. The minimum Gasteiger partial charge on any atom is -0.492 e. The Balaban J connectivity index is 1.71. The number of aryl methyl sites for hydroxylation is 1. The Kier molecular flexibility index (Phi) is 6.10. The predicted molar refractivity (Wildman–Crippen MR) is 127 cm³/mol. The second kappa shape index (κ2) is 8.94. The van der Waals surface area contributed by atoms with Crippen molar-refractivity contribution in [3.63, 3.8) is 0 Å². The van der Waals surface area contributed by atoms with Gasteiger partial charge in [0.2, 0.25) is 0 Å². The van der Waals surface area contributed by atoms with Gasteiger partial charge in [0, 0.05) is 6.42 Å². The van der Waals surface area contributed by atoms with Gasteiger partial charge in [-0.25, -0.2) is 4.98 Å². The summed E-state index contributed by atoms with van der Waals surface area (Å²) in [5, 5.41) is 1.14. The molecule has 1 aromatic heterocycles. The molecule has 0 amide bonds. The molecule has 1 heterocycles. The zero-order valence-electron chi connectivity index (χ0n) is 17.9. The van der Waals surface area contributed by atoms with E-state index in [0.717, 1.165) is 23.1 Å². The molecule has 0 aliphatic carbocycles. The SMILES string of the molecule is Cc1nc2cc(C(C)C)c(-c3ccc(Cl)c(OCCc4ccccc4)c3)cc2c(=O)[nH]1. The van der Waals surface area contributed by atoms with E-state index in [2.05, 4.69) is 35.9 Å². The summed E-state index contributed by atoms with van der Waals surface area (Å²) in [7, 11) is 0. The van der Waals surface area contributed by atoms with E-state index in [4.69, 9.17) is 16.3 Å². The van der Waals surface area contributed by atoms with Crippen LogP contribution >= 0.6 is 11.6 Å². The van der Waals surface area contributed by atoms with Gasteiger partial charge in [0.25, 0.3) is 5.56 Å². The summed E-state index contributed by atoms with van der Waals surface area (Å²) in [5.74, 6) is 1.51. The topological polar surface area (TPSA) is 55.0 Å². The van der Waals surface area contributed by atoms with Crippen molar-refractivity contribution in [1.29, 1.82) is 0 Å². The molecule has 3 aromatic carbocycles. The summed E-state index contributed by atoms with van der Waals surface area (Å²) >= 11 is 6.42. The summed E-state index contributed by atoms with van der Waals surface area (Å²) in [6, 6.07) is 19.9. The molecule has 4 aromatic rings. The highest BCUT2D eigenvalue weighted by atomic mass is 35.5. The van der Waals surface area contributed by atoms with Crippen molar-refractivity contribution in [3.8, 4) is 16.9 Å². The molecule has 0 aliphatic heterocycles. The smallest absolute Gasteiger partial charge is 0.258 e. The van der Waals surface area contributed by atoms with Crippen molar-refractivity contribution < 1.29 is 4.74 Å². The first-order valence-electron chi connectivity index (χ1n) is 10.4. The van der Waals surface area contributed by atoms with Crippen molar-refractivity contribution in [2.75, 3.05) is 6.61 Å². The molecular weight excluding hydrogens is 408 g/mol. The van der Waals surface area contributed by atoms with Gasteiger partial charge in [0.1, 0.15) is 11.6 Å². The lowest BCUT2D eigenvalue weighted by Gasteiger charge is -2.16. The van der Waals surface area contributed by atoms with Crippen LogP contribution < -0.4 is 10.3 Å². The van der Waals surface area contributed by atoms with Crippen molar-refractivity contribution in [2.45, 2.75) is 33.1 Å². The molecule has 0 unspecified atom stereocenters. The molecule has 0 spiro atoms. The van der Waals surface area contributed by atoms with Crippen LogP contribution in [0.3, 0.4) is 0 Å². The highest BCUT2D eigenvalue weighted by molar-refractivity contribution is 6.32. The number of H-pyrrole nitrogens is 1. The number of aromatic amines is 1. The maximum absolute atomic E-state index is 12.5. The fraction of sp³-hybridized carbons (Fsp3) is 0.231. The van der Waals surface area contributed by atoms with Crippen LogP contribution in [0.2, 0.25) is 5.02 Å². The second-order valence-corrected chi connectivity index (χ2v) is 8.40. The highest BCUT2D eigenvalue weighted by Gasteiger charge is 2.15. The number of benzene rings is 3. The van der Waals surface area contributed by atoms with E-state index in [1.165, 1.54) is 5.56 Å². The Bertz CT molecular complexity index is 1280.